The molecule has 0 bridgehead atoms. The van der Waals surface area contributed by atoms with Crippen LogP contribution in [0.5, 0.6) is 0 Å². The average molecular weight is 355 g/mol. The van der Waals surface area contributed by atoms with Gasteiger partial charge in [0.2, 0.25) is 0 Å². The largest absolute Gasteiger partial charge is 0.379 e. The molecule has 2 N–H and O–H groups in total. The molecule has 2 aliphatic rings. The van der Waals surface area contributed by atoms with E-state index in [4.69, 9.17) is 9.73 Å². The monoisotopic (exact) mass is 354 g/mol. The summed E-state index contributed by atoms with van der Waals surface area (Å²) in [6.45, 7) is 15.7. The highest BCUT2D eigenvalue weighted by atomic mass is 16.5. The van der Waals surface area contributed by atoms with E-state index in [-0.39, 0.29) is 0 Å². The Bertz CT molecular complexity index is 373. The summed E-state index contributed by atoms with van der Waals surface area (Å²) >= 11 is 0. The van der Waals surface area contributed by atoms with Gasteiger partial charge in [0.25, 0.3) is 0 Å². The van der Waals surface area contributed by atoms with E-state index in [1.807, 2.05) is 0 Å². The molecule has 0 amide bonds. The van der Waals surface area contributed by atoms with E-state index in [9.17, 15) is 0 Å². The van der Waals surface area contributed by atoms with E-state index >= 15 is 0 Å². The third kappa shape index (κ3) is 8.85. The van der Waals surface area contributed by atoms with E-state index < -0.39 is 0 Å². The zero-order valence-electron chi connectivity index (χ0n) is 16.3. The van der Waals surface area contributed by atoms with Gasteiger partial charge < -0.3 is 25.2 Å². The van der Waals surface area contributed by atoms with Gasteiger partial charge in [-0.2, -0.15) is 0 Å². The Morgan fingerprint density at radius 1 is 0.960 bits per heavy atom. The van der Waals surface area contributed by atoms with Crippen LogP contribution in [-0.2, 0) is 4.74 Å². The highest BCUT2D eigenvalue weighted by Gasteiger charge is 2.11. The Morgan fingerprint density at radius 3 is 2.56 bits per heavy atom. The molecule has 7 heteroatoms. The fourth-order valence-corrected chi connectivity index (χ4v) is 3.31. The molecule has 0 atom stereocenters. The molecule has 0 saturated carbocycles. The minimum atomic E-state index is 0.862. The lowest BCUT2D eigenvalue weighted by Gasteiger charge is -2.26. The van der Waals surface area contributed by atoms with E-state index in [0.717, 1.165) is 71.4 Å². The van der Waals surface area contributed by atoms with Gasteiger partial charge in [0.15, 0.2) is 5.96 Å². The zero-order chi connectivity index (χ0) is 17.7. The van der Waals surface area contributed by atoms with Crippen molar-refractivity contribution in [3.63, 3.8) is 0 Å². The summed E-state index contributed by atoms with van der Waals surface area (Å²) in [5, 5.41) is 6.81. The second-order valence-corrected chi connectivity index (χ2v) is 6.99. The van der Waals surface area contributed by atoms with Crippen LogP contribution in [0.1, 0.15) is 19.8 Å². The quantitative estimate of drug-likeness (QED) is 0.361. The van der Waals surface area contributed by atoms with Crippen molar-refractivity contribution in [2.45, 2.75) is 19.8 Å². The molecule has 25 heavy (non-hydrogen) atoms. The smallest absolute Gasteiger partial charge is 0.191 e. The fourth-order valence-electron chi connectivity index (χ4n) is 3.31. The topological polar surface area (TPSA) is 55.4 Å². The fraction of sp³-hybridized carbons (Fsp3) is 0.944. The molecule has 146 valence electrons. The van der Waals surface area contributed by atoms with Crippen molar-refractivity contribution < 1.29 is 4.74 Å². The molecule has 2 rings (SSSR count). The minimum absolute atomic E-state index is 0.862. The highest BCUT2D eigenvalue weighted by molar-refractivity contribution is 5.79. The number of ether oxygens (including phenoxy) is 1. The van der Waals surface area contributed by atoms with Crippen molar-refractivity contribution in [2.75, 3.05) is 92.3 Å². The molecule has 2 fully saturated rings. The number of rotatable bonds is 8. The van der Waals surface area contributed by atoms with Crippen molar-refractivity contribution in [3.05, 3.63) is 0 Å². The summed E-state index contributed by atoms with van der Waals surface area (Å²) in [6.07, 6.45) is 2.41. The van der Waals surface area contributed by atoms with Crippen LogP contribution in [0.4, 0.5) is 0 Å². The number of aliphatic imine (C=N–C) groups is 1. The molecular formula is C18H38N6O. The number of guanidine groups is 1. The van der Waals surface area contributed by atoms with Crippen molar-refractivity contribution in [1.29, 1.82) is 0 Å². The van der Waals surface area contributed by atoms with Gasteiger partial charge >= 0.3 is 0 Å². The first-order chi connectivity index (χ1) is 12.3. The van der Waals surface area contributed by atoms with E-state index in [2.05, 4.69) is 39.3 Å². The lowest BCUT2D eigenvalue weighted by Crippen LogP contribution is -2.44. The molecule has 7 nitrogen and oxygen atoms in total. The summed E-state index contributed by atoms with van der Waals surface area (Å²) in [7, 11) is 2.22. The van der Waals surface area contributed by atoms with Crippen molar-refractivity contribution in [3.8, 4) is 0 Å². The maximum absolute atomic E-state index is 5.39. The van der Waals surface area contributed by atoms with Gasteiger partial charge in [-0.1, -0.05) is 0 Å². The SMILES string of the molecule is CCNC(=NCCCN1CCCN(C)CC1)NCCN1CCOCC1. The third-order valence-electron chi connectivity index (χ3n) is 4.88. The molecule has 0 radical (unpaired) electrons. The lowest BCUT2D eigenvalue weighted by atomic mass is 10.3. The molecule has 0 aromatic heterocycles. The first-order valence-corrected chi connectivity index (χ1v) is 10.0. The summed E-state index contributed by atoms with van der Waals surface area (Å²) in [6, 6.07) is 0. The van der Waals surface area contributed by atoms with Crippen LogP contribution in [0.25, 0.3) is 0 Å². The van der Waals surface area contributed by atoms with Crippen LogP contribution in [0.15, 0.2) is 4.99 Å². The van der Waals surface area contributed by atoms with E-state index in [1.165, 1.54) is 32.6 Å². The first-order valence-electron chi connectivity index (χ1n) is 10.0. The molecule has 2 aliphatic heterocycles. The predicted molar refractivity (Wildman–Crippen MR) is 104 cm³/mol. The van der Waals surface area contributed by atoms with Gasteiger partial charge in [0, 0.05) is 52.4 Å². The molecule has 0 aromatic rings. The molecular weight excluding hydrogens is 316 g/mol. The summed E-state index contributed by atoms with van der Waals surface area (Å²) < 4.78 is 5.39. The van der Waals surface area contributed by atoms with Gasteiger partial charge in [-0.05, 0) is 46.4 Å². The van der Waals surface area contributed by atoms with Crippen molar-refractivity contribution in [2.24, 2.45) is 4.99 Å². The van der Waals surface area contributed by atoms with Gasteiger partial charge in [0.1, 0.15) is 0 Å². The van der Waals surface area contributed by atoms with Gasteiger partial charge in [-0.25, -0.2) is 0 Å². The standard InChI is InChI=1S/C18H38N6O/c1-3-19-18(21-7-11-24-14-16-25-17-15-24)20-6-4-9-23-10-5-8-22(2)12-13-23/h3-17H2,1-2H3,(H2,19,20,21). The number of hydrogen-bond donors (Lipinski definition) is 2. The number of nitrogens with one attached hydrogen (secondary N) is 2. The van der Waals surface area contributed by atoms with E-state index in [0.29, 0.717) is 0 Å². The van der Waals surface area contributed by atoms with Gasteiger partial charge in [0.05, 0.1) is 13.2 Å². The third-order valence-corrected chi connectivity index (χ3v) is 4.88. The number of nitrogens with zero attached hydrogens (tertiary/aromatic N) is 4. The van der Waals surface area contributed by atoms with Crippen LogP contribution >= 0.6 is 0 Å². The predicted octanol–water partition coefficient (Wildman–Crippen LogP) is -0.0987. The second-order valence-electron chi connectivity index (χ2n) is 6.99. The maximum Gasteiger partial charge on any atom is 0.191 e. The number of morpholine rings is 1. The first kappa shape index (κ1) is 20.4. The molecule has 0 aliphatic carbocycles. The second kappa shape index (κ2) is 12.5. The minimum Gasteiger partial charge on any atom is -0.379 e. The summed E-state index contributed by atoms with van der Waals surface area (Å²) in [5.74, 6) is 0.950. The van der Waals surface area contributed by atoms with Crippen LogP contribution < -0.4 is 10.6 Å². The number of likely N-dealkylation sites (N-methyl/N-ethyl adjacent to an activating group) is 1. The Balaban J connectivity index is 1.60. The Morgan fingerprint density at radius 2 is 1.76 bits per heavy atom. The van der Waals surface area contributed by atoms with Crippen LogP contribution in [0.3, 0.4) is 0 Å². The van der Waals surface area contributed by atoms with Crippen LogP contribution in [-0.4, -0.2) is 113 Å². The van der Waals surface area contributed by atoms with Crippen molar-refractivity contribution >= 4 is 5.96 Å². The normalized spacial score (nSPS) is 21.9. The van der Waals surface area contributed by atoms with E-state index in [1.54, 1.807) is 0 Å². The Kier molecular flexibility index (Phi) is 10.2. The van der Waals surface area contributed by atoms with Crippen LogP contribution in [0.2, 0.25) is 0 Å². The Labute approximate surface area is 153 Å². The van der Waals surface area contributed by atoms with Gasteiger partial charge in [-0.15, -0.1) is 0 Å². The highest BCUT2D eigenvalue weighted by Crippen LogP contribution is 2.02. The maximum atomic E-state index is 5.39. The lowest BCUT2D eigenvalue weighted by molar-refractivity contribution is 0.0389. The Hall–Kier alpha value is -0.890. The molecule has 0 spiro atoms. The average Bonchev–Trinajstić information content (AvgIpc) is 2.84. The molecule has 0 unspecified atom stereocenters. The zero-order valence-corrected chi connectivity index (χ0v) is 16.3. The summed E-state index contributed by atoms with van der Waals surface area (Å²) in [4.78, 5) is 12.2. The molecule has 2 saturated heterocycles. The van der Waals surface area contributed by atoms with Crippen molar-refractivity contribution in [1.82, 2.24) is 25.3 Å². The molecule has 2 heterocycles. The van der Waals surface area contributed by atoms with Crippen LogP contribution in [0, 0.1) is 0 Å². The summed E-state index contributed by atoms with van der Waals surface area (Å²) in [5.41, 5.74) is 0. The van der Waals surface area contributed by atoms with Gasteiger partial charge in [-0.3, -0.25) is 9.89 Å². The number of hydrogen-bond acceptors (Lipinski definition) is 5. The molecule has 0 aromatic carbocycles.